The van der Waals surface area contributed by atoms with Gasteiger partial charge in [0.15, 0.2) is 0 Å². The minimum atomic E-state index is 0.0801. The van der Waals surface area contributed by atoms with E-state index in [-0.39, 0.29) is 21.7 Å². The Labute approximate surface area is 174 Å². The molecule has 0 radical (unpaired) electrons. The molecule has 2 rings (SSSR count). The fourth-order valence-corrected chi connectivity index (χ4v) is 4.14. The van der Waals surface area contributed by atoms with Crippen LogP contribution in [0.1, 0.15) is 105 Å². The molecule has 0 unspecified atom stereocenters. The van der Waals surface area contributed by atoms with Gasteiger partial charge in [-0.05, 0) is 55.0 Å². The smallest absolute Gasteiger partial charge is 0.0103 e. The molecule has 2 aromatic carbocycles. The third-order valence-electron chi connectivity index (χ3n) is 5.61. The van der Waals surface area contributed by atoms with Gasteiger partial charge in [0.1, 0.15) is 0 Å². The molecular weight excluding hydrogens is 336 g/mol. The maximum atomic E-state index is 2.34. The molecule has 0 amide bonds. The number of hydrogen-bond donors (Lipinski definition) is 0. The van der Waals surface area contributed by atoms with Crippen molar-refractivity contribution in [1.82, 2.24) is 0 Å². The summed E-state index contributed by atoms with van der Waals surface area (Å²) < 4.78 is 0. The van der Waals surface area contributed by atoms with Crippen molar-refractivity contribution >= 4 is 0 Å². The highest BCUT2D eigenvalue weighted by atomic mass is 14.4. The largest absolute Gasteiger partial charge is 0.0616 e. The summed E-state index contributed by atoms with van der Waals surface area (Å²) in [5.41, 5.74) is 9.02. The monoisotopic (exact) mass is 378 g/mol. The molecule has 0 aromatic heterocycles. The third-order valence-corrected chi connectivity index (χ3v) is 5.61. The molecule has 28 heavy (non-hydrogen) atoms. The average molecular weight is 379 g/mol. The first kappa shape index (κ1) is 22.7. The molecule has 0 saturated carbocycles. The van der Waals surface area contributed by atoms with E-state index in [1.807, 2.05) is 0 Å². The maximum absolute atomic E-state index is 2.34. The molecule has 0 heteroatoms. The van der Waals surface area contributed by atoms with Crippen molar-refractivity contribution in [3.8, 4) is 11.1 Å². The zero-order valence-corrected chi connectivity index (χ0v) is 20.5. The van der Waals surface area contributed by atoms with E-state index >= 15 is 0 Å². The van der Waals surface area contributed by atoms with E-state index in [0.29, 0.717) is 0 Å². The van der Waals surface area contributed by atoms with Gasteiger partial charge in [0.05, 0.1) is 0 Å². The molecule has 154 valence electrons. The minimum Gasteiger partial charge on any atom is -0.0616 e. The summed E-state index contributed by atoms with van der Waals surface area (Å²) in [5.74, 6) is 0. The predicted molar refractivity (Wildman–Crippen MR) is 127 cm³/mol. The van der Waals surface area contributed by atoms with Crippen molar-refractivity contribution < 1.29 is 0 Å². The second kappa shape index (κ2) is 7.05. The molecule has 0 fully saturated rings. The molecule has 0 bridgehead atoms. The lowest BCUT2D eigenvalue weighted by molar-refractivity contribution is 0.558. The highest BCUT2D eigenvalue weighted by Crippen LogP contribution is 2.47. The van der Waals surface area contributed by atoms with E-state index in [2.05, 4.69) is 119 Å². The van der Waals surface area contributed by atoms with Crippen LogP contribution >= 0.6 is 0 Å². The first-order chi connectivity index (χ1) is 12.5. The topological polar surface area (TPSA) is 0 Å². The van der Waals surface area contributed by atoms with Gasteiger partial charge in [-0.1, -0.05) is 119 Å². The number of benzene rings is 2. The Morgan fingerprint density at radius 3 is 0.679 bits per heavy atom. The molecule has 0 aliphatic heterocycles. The first-order valence-corrected chi connectivity index (χ1v) is 10.7. The van der Waals surface area contributed by atoms with Crippen LogP contribution in [0.2, 0.25) is 0 Å². The fraction of sp³-hybridized carbons (Fsp3) is 0.571. The molecule has 2 aromatic rings. The van der Waals surface area contributed by atoms with Gasteiger partial charge < -0.3 is 0 Å². The third kappa shape index (κ3) is 4.53. The molecule has 0 nitrogen and oxygen atoms in total. The van der Waals surface area contributed by atoms with Crippen LogP contribution in [0.4, 0.5) is 0 Å². The van der Waals surface area contributed by atoms with Crippen LogP contribution in [0, 0.1) is 0 Å². The zero-order chi connectivity index (χ0) is 21.7. The van der Waals surface area contributed by atoms with Gasteiger partial charge >= 0.3 is 0 Å². The lowest BCUT2D eigenvalue weighted by Crippen LogP contribution is -2.24. The normalized spacial score (nSPS) is 13.7. The van der Waals surface area contributed by atoms with Gasteiger partial charge in [0.2, 0.25) is 0 Å². The Morgan fingerprint density at radius 1 is 0.357 bits per heavy atom. The fourth-order valence-electron chi connectivity index (χ4n) is 4.14. The van der Waals surface area contributed by atoms with E-state index in [1.54, 1.807) is 0 Å². The Morgan fingerprint density at radius 2 is 0.536 bits per heavy atom. The summed E-state index contributed by atoms with van der Waals surface area (Å²) in [6.07, 6.45) is 0. The highest BCUT2D eigenvalue weighted by Gasteiger charge is 2.32. The van der Waals surface area contributed by atoms with Crippen molar-refractivity contribution in [3.05, 3.63) is 58.7 Å². The Bertz CT molecular complexity index is 700. The van der Waals surface area contributed by atoms with Crippen molar-refractivity contribution in [3.63, 3.8) is 0 Å². The van der Waals surface area contributed by atoms with Crippen molar-refractivity contribution in [2.45, 2.75) is 105 Å². The average Bonchev–Trinajstić information content (AvgIpc) is 2.50. The van der Waals surface area contributed by atoms with Gasteiger partial charge in [-0.2, -0.15) is 0 Å². The van der Waals surface area contributed by atoms with Crippen LogP contribution in [0.15, 0.2) is 36.4 Å². The van der Waals surface area contributed by atoms with Gasteiger partial charge in [-0.25, -0.2) is 0 Å². The summed E-state index contributed by atoms with van der Waals surface area (Å²) in [4.78, 5) is 0. The predicted octanol–water partition coefficient (Wildman–Crippen LogP) is 8.54. The molecule has 0 spiro atoms. The van der Waals surface area contributed by atoms with Gasteiger partial charge in [-0.15, -0.1) is 0 Å². The second-order valence-corrected chi connectivity index (χ2v) is 12.5. The van der Waals surface area contributed by atoms with E-state index < -0.39 is 0 Å². The lowest BCUT2D eigenvalue weighted by Gasteiger charge is -2.36. The Balaban J connectivity index is 3.16. The van der Waals surface area contributed by atoms with E-state index in [1.165, 1.54) is 33.4 Å². The molecule has 0 atom stereocenters. The van der Waals surface area contributed by atoms with Crippen molar-refractivity contribution in [1.29, 1.82) is 0 Å². The van der Waals surface area contributed by atoms with Crippen LogP contribution in [0.5, 0.6) is 0 Å². The summed E-state index contributed by atoms with van der Waals surface area (Å²) in [6.45, 7) is 28.1. The summed E-state index contributed by atoms with van der Waals surface area (Å²) in [6, 6.07) is 13.9. The molecule has 0 heterocycles. The van der Waals surface area contributed by atoms with Crippen molar-refractivity contribution in [2.75, 3.05) is 0 Å². The molecule has 0 saturated heterocycles. The Kier molecular flexibility index (Phi) is 5.72. The number of rotatable bonds is 1. The first-order valence-electron chi connectivity index (χ1n) is 10.7. The Hall–Kier alpha value is -1.56. The lowest BCUT2D eigenvalue weighted by atomic mass is 9.68. The van der Waals surface area contributed by atoms with E-state index in [9.17, 15) is 0 Å². The van der Waals surface area contributed by atoms with Crippen LogP contribution in [0.3, 0.4) is 0 Å². The van der Waals surface area contributed by atoms with Gasteiger partial charge in [-0.3, -0.25) is 0 Å². The summed E-state index contributed by atoms with van der Waals surface area (Å²) in [7, 11) is 0. The molecular formula is C28H42. The zero-order valence-electron chi connectivity index (χ0n) is 20.5. The second-order valence-electron chi connectivity index (χ2n) is 12.5. The van der Waals surface area contributed by atoms with Crippen LogP contribution < -0.4 is 0 Å². The van der Waals surface area contributed by atoms with Crippen LogP contribution in [0.25, 0.3) is 11.1 Å². The SMILES string of the molecule is CC(C)(C)c1cccc(C(C)(C)C)c1-c1c(C(C)(C)C)cccc1C(C)(C)C. The quantitative estimate of drug-likeness (QED) is 0.466. The van der Waals surface area contributed by atoms with Crippen LogP contribution in [-0.2, 0) is 21.7 Å². The van der Waals surface area contributed by atoms with E-state index in [0.717, 1.165) is 0 Å². The molecule has 0 aliphatic rings. The van der Waals surface area contributed by atoms with Crippen LogP contribution in [-0.4, -0.2) is 0 Å². The van der Waals surface area contributed by atoms with Gasteiger partial charge in [0.25, 0.3) is 0 Å². The molecule has 0 N–H and O–H groups in total. The standard InChI is InChI=1S/C28H42/c1-25(2,3)19-15-13-16-20(26(4,5)6)23(19)24-21(27(7,8)9)17-14-18-22(24)28(10,11)12/h13-18H,1-12H3. The maximum Gasteiger partial charge on any atom is -0.0103 e. The number of hydrogen-bond acceptors (Lipinski definition) is 0. The van der Waals surface area contributed by atoms with Gasteiger partial charge in [0, 0.05) is 0 Å². The van der Waals surface area contributed by atoms with E-state index in [4.69, 9.17) is 0 Å². The highest BCUT2D eigenvalue weighted by molar-refractivity contribution is 5.80. The summed E-state index contributed by atoms with van der Waals surface area (Å²) >= 11 is 0. The summed E-state index contributed by atoms with van der Waals surface area (Å²) in [5, 5.41) is 0. The minimum absolute atomic E-state index is 0.0801. The van der Waals surface area contributed by atoms with Crippen molar-refractivity contribution in [2.24, 2.45) is 0 Å². The molecule has 0 aliphatic carbocycles.